The molecule has 0 aliphatic carbocycles. The van der Waals surface area contributed by atoms with Gasteiger partial charge in [0.05, 0.1) is 16.3 Å². The van der Waals surface area contributed by atoms with E-state index in [9.17, 15) is 28.2 Å². The number of alkyl halides is 3. The van der Waals surface area contributed by atoms with Gasteiger partial charge in [0.1, 0.15) is 17.8 Å². The molecule has 136 valence electrons. The number of hydrogen-bond acceptors (Lipinski definition) is 5. The Morgan fingerprint density at radius 2 is 1.96 bits per heavy atom. The Morgan fingerprint density at radius 3 is 2.42 bits per heavy atom. The van der Waals surface area contributed by atoms with Crippen molar-refractivity contribution in [3.63, 3.8) is 0 Å². The third-order valence-corrected chi connectivity index (χ3v) is 3.00. The molecule has 0 fully saturated rings. The van der Waals surface area contributed by atoms with Crippen LogP contribution in [-0.2, 0) is 10.9 Å². The van der Waals surface area contributed by atoms with Crippen molar-refractivity contribution < 1.29 is 32.9 Å². The number of carbonyl (C=O) groups is 1. The Morgan fingerprint density at radius 1 is 1.38 bits per heavy atom. The lowest BCUT2D eigenvalue weighted by atomic mass is 10.1. The van der Waals surface area contributed by atoms with Gasteiger partial charge in [-0.3, -0.25) is 4.98 Å². The topological polar surface area (TPSA) is 91.7 Å². The van der Waals surface area contributed by atoms with Gasteiger partial charge in [-0.1, -0.05) is 11.6 Å². The fraction of sp³-hybridized carbons (Fsp3) is 0.571. The molecule has 0 saturated heterocycles. The van der Waals surface area contributed by atoms with E-state index in [1.54, 1.807) is 20.8 Å². The standard InChI is InChI=1S/C14H18ClF3N2O4/c1-13(2,3)24-12(23)20-6-9(21)11(22)10-8(15)4-7(5-19-10)14(16,17)18/h4-5,9,11,21-22H,6H2,1-3H3,(H,20,23). The fourth-order valence-corrected chi connectivity index (χ4v) is 1.90. The maximum atomic E-state index is 12.5. The van der Waals surface area contributed by atoms with Gasteiger partial charge >= 0.3 is 12.3 Å². The van der Waals surface area contributed by atoms with E-state index < -0.39 is 47.2 Å². The summed E-state index contributed by atoms with van der Waals surface area (Å²) >= 11 is 5.68. The number of hydrogen-bond donors (Lipinski definition) is 3. The molecule has 0 radical (unpaired) electrons. The Bertz CT molecular complexity index is 590. The quantitative estimate of drug-likeness (QED) is 0.758. The van der Waals surface area contributed by atoms with E-state index in [2.05, 4.69) is 10.3 Å². The maximum Gasteiger partial charge on any atom is 0.417 e. The van der Waals surface area contributed by atoms with Gasteiger partial charge in [0.25, 0.3) is 0 Å². The van der Waals surface area contributed by atoms with Crippen LogP contribution >= 0.6 is 11.6 Å². The summed E-state index contributed by atoms with van der Waals surface area (Å²) in [5, 5.41) is 21.5. The first-order chi connectivity index (χ1) is 10.8. The highest BCUT2D eigenvalue weighted by Gasteiger charge is 2.33. The molecule has 10 heteroatoms. The number of aliphatic hydroxyl groups is 2. The normalized spacial score (nSPS) is 14.9. The van der Waals surface area contributed by atoms with Crippen LogP contribution in [-0.4, -0.2) is 39.5 Å². The molecule has 1 amide bonds. The molecule has 0 aromatic carbocycles. The number of ether oxygens (including phenoxy) is 1. The van der Waals surface area contributed by atoms with Crippen LogP contribution in [0.2, 0.25) is 5.02 Å². The van der Waals surface area contributed by atoms with Crippen molar-refractivity contribution in [1.82, 2.24) is 10.3 Å². The molecule has 0 saturated carbocycles. The minimum Gasteiger partial charge on any atom is -0.444 e. The van der Waals surface area contributed by atoms with Crippen LogP contribution in [0.3, 0.4) is 0 Å². The number of nitrogens with one attached hydrogen (secondary N) is 1. The van der Waals surface area contributed by atoms with E-state index >= 15 is 0 Å². The molecule has 24 heavy (non-hydrogen) atoms. The second kappa shape index (κ2) is 7.54. The van der Waals surface area contributed by atoms with Crippen LogP contribution in [0, 0.1) is 0 Å². The smallest absolute Gasteiger partial charge is 0.417 e. The number of pyridine rings is 1. The number of aromatic nitrogens is 1. The predicted octanol–water partition coefficient (Wildman–Crippen LogP) is 2.67. The van der Waals surface area contributed by atoms with Crippen molar-refractivity contribution >= 4 is 17.7 Å². The van der Waals surface area contributed by atoms with Gasteiger partial charge in [0.2, 0.25) is 0 Å². The van der Waals surface area contributed by atoms with Gasteiger partial charge in [-0.05, 0) is 26.8 Å². The zero-order chi connectivity index (χ0) is 18.7. The third-order valence-electron chi connectivity index (χ3n) is 2.70. The highest BCUT2D eigenvalue weighted by atomic mass is 35.5. The number of halogens is 4. The summed E-state index contributed by atoms with van der Waals surface area (Å²) < 4.78 is 42.5. The van der Waals surface area contributed by atoms with E-state index in [1.807, 2.05) is 0 Å². The highest BCUT2D eigenvalue weighted by Crippen LogP contribution is 2.32. The second-order valence-electron chi connectivity index (χ2n) is 5.98. The van der Waals surface area contributed by atoms with Crippen LogP contribution in [0.25, 0.3) is 0 Å². The molecule has 1 aromatic rings. The summed E-state index contributed by atoms with van der Waals surface area (Å²) in [6.07, 6.45) is -8.18. The minimum absolute atomic E-state index is 0.330. The predicted molar refractivity (Wildman–Crippen MR) is 79.5 cm³/mol. The van der Waals surface area contributed by atoms with Crippen molar-refractivity contribution in [2.24, 2.45) is 0 Å². The molecule has 2 unspecified atom stereocenters. The molecule has 3 N–H and O–H groups in total. The van der Waals surface area contributed by atoms with Gasteiger partial charge in [-0.25, -0.2) is 4.79 Å². The molecular formula is C14H18ClF3N2O4. The molecule has 0 aliphatic heterocycles. The zero-order valence-corrected chi connectivity index (χ0v) is 13.9. The van der Waals surface area contributed by atoms with Crippen molar-refractivity contribution in [1.29, 1.82) is 0 Å². The number of carbonyl (C=O) groups excluding carboxylic acids is 1. The van der Waals surface area contributed by atoms with Gasteiger partial charge in [0.15, 0.2) is 0 Å². The second-order valence-corrected chi connectivity index (χ2v) is 6.39. The highest BCUT2D eigenvalue weighted by molar-refractivity contribution is 6.31. The molecule has 1 heterocycles. The number of nitrogens with zero attached hydrogens (tertiary/aromatic N) is 1. The average molecular weight is 371 g/mol. The summed E-state index contributed by atoms with van der Waals surface area (Å²) in [6, 6.07) is 0.598. The first-order valence-electron chi connectivity index (χ1n) is 6.87. The van der Waals surface area contributed by atoms with Crippen LogP contribution in [0.4, 0.5) is 18.0 Å². The summed E-state index contributed by atoms with van der Waals surface area (Å²) in [5.41, 5.74) is -2.15. The number of rotatable bonds is 4. The Hall–Kier alpha value is -1.58. The van der Waals surface area contributed by atoms with Crippen molar-refractivity contribution in [3.05, 3.63) is 28.5 Å². The van der Waals surface area contributed by atoms with Gasteiger partial charge in [0, 0.05) is 12.7 Å². The molecule has 2 atom stereocenters. The summed E-state index contributed by atoms with van der Waals surface area (Å²) in [7, 11) is 0. The van der Waals surface area contributed by atoms with E-state index in [4.69, 9.17) is 16.3 Å². The van der Waals surface area contributed by atoms with Crippen molar-refractivity contribution in [3.8, 4) is 0 Å². The summed E-state index contributed by atoms with van der Waals surface area (Å²) in [5.74, 6) is 0. The van der Waals surface area contributed by atoms with Gasteiger partial charge in [-0.15, -0.1) is 0 Å². The number of aliphatic hydroxyl groups excluding tert-OH is 2. The Labute approximate surface area is 141 Å². The van der Waals surface area contributed by atoms with E-state index in [0.29, 0.717) is 12.3 Å². The molecule has 1 aromatic heterocycles. The van der Waals surface area contributed by atoms with Crippen molar-refractivity contribution in [2.45, 2.75) is 44.8 Å². The molecular weight excluding hydrogens is 353 g/mol. The third kappa shape index (κ3) is 6.14. The number of amides is 1. The monoisotopic (exact) mass is 370 g/mol. The first kappa shape index (κ1) is 20.5. The lowest BCUT2D eigenvalue weighted by Gasteiger charge is -2.22. The summed E-state index contributed by atoms with van der Waals surface area (Å²) in [6.45, 7) is 4.52. The lowest BCUT2D eigenvalue weighted by Crippen LogP contribution is -2.39. The maximum absolute atomic E-state index is 12.5. The van der Waals surface area contributed by atoms with Gasteiger partial charge < -0.3 is 20.3 Å². The zero-order valence-electron chi connectivity index (χ0n) is 13.2. The van der Waals surface area contributed by atoms with Crippen LogP contribution < -0.4 is 5.32 Å². The fourth-order valence-electron chi connectivity index (χ4n) is 1.62. The van der Waals surface area contributed by atoms with Crippen LogP contribution in [0.1, 0.15) is 38.1 Å². The Kier molecular flexibility index (Phi) is 6.43. The summed E-state index contributed by atoms with van der Waals surface area (Å²) in [4.78, 5) is 14.9. The van der Waals surface area contributed by atoms with Gasteiger partial charge in [-0.2, -0.15) is 13.2 Å². The molecule has 0 spiro atoms. The lowest BCUT2D eigenvalue weighted by molar-refractivity contribution is -0.137. The molecule has 0 bridgehead atoms. The number of alkyl carbamates (subject to hydrolysis) is 1. The van der Waals surface area contributed by atoms with Crippen LogP contribution in [0.15, 0.2) is 12.3 Å². The largest absolute Gasteiger partial charge is 0.444 e. The van der Waals surface area contributed by atoms with Crippen LogP contribution in [0.5, 0.6) is 0 Å². The SMILES string of the molecule is CC(C)(C)OC(=O)NCC(O)C(O)c1ncc(C(F)(F)F)cc1Cl. The minimum atomic E-state index is -4.63. The molecule has 1 rings (SSSR count). The average Bonchev–Trinajstić information content (AvgIpc) is 2.41. The van der Waals surface area contributed by atoms with E-state index in [-0.39, 0.29) is 5.69 Å². The van der Waals surface area contributed by atoms with E-state index in [0.717, 1.165) is 0 Å². The van der Waals surface area contributed by atoms with Crippen molar-refractivity contribution in [2.75, 3.05) is 6.54 Å². The van der Waals surface area contributed by atoms with E-state index in [1.165, 1.54) is 0 Å². The Balaban J connectivity index is 2.72. The first-order valence-corrected chi connectivity index (χ1v) is 7.24. The molecule has 6 nitrogen and oxygen atoms in total. The molecule has 0 aliphatic rings.